The van der Waals surface area contributed by atoms with Crippen LogP contribution in [-0.2, 0) is 12.3 Å². The second kappa shape index (κ2) is 7.97. The summed E-state index contributed by atoms with van der Waals surface area (Å²) in [5.41, 5.74) is 1.70. The van der Waals surface area contributed by atoms with Gasteiger partial charge in [-0.1, -0.05) is 46.7 Å². The number of nitrogens with zero attached hydrogens (tertiary/aromatic N) is 4. The molecule has 0 amide bonds. The Bertz CT molecular complexity index is 1570. The minimum absolute atomic E-state index is 0.0638. The van der Waals surface area contributed by atoms with Crippen LogP contribution < -0.4 is 11.2 Å². The van der Waals surface area contributed by atoms with Gasteiger partial charge >= 0.3 is 5.63 Å². The van der Waals surface area contributed by atoms with Crippen LogP contribution in [0.2, 0.25) is 0 Å². The van der Waals surface area contributed by atoms with Crippen molar-refractivity contribution in [2.45, 2.75) is 30.8 Å². The number of hydrogen-bond acceptors (Lipinski definition) is 6. The Labute approximate surface area is 188 Å². The summed E-state index contributed by atoms with van der Waals surface area (Å²) in [6.07, 6.45) is 0.810. The summed E-state index contributed by atoms with van der Waals surface area (Å²) in [7, 11) is 0. The van der Waals surface area contributed by atoms with Crippen LogP contribution in [0, 0.1) is 0 Å². The van der Waals surface area contributed by atoms with Gasteiger partial charge in [-0.2, -0.15) is 0 Å². The Morgan fingerprint density at radius 1 is 1.06 bits per heavy atom. The van der Waals surface area contributed by atoms with Gasteiger partial charge in [-0.05, 0) is 42.3 Å². The molecule has 0 saturated carbocycles. The minimum atomic E-state index is -0.394. The van der Waals surface area contributed by atoms with E-state index in [9.17, 15) is 9.59 Å². The van der Waals surface area contributed by atoms with Gasteiger partial charge in [-0.15, -0.1) is 10.2 Å². The Morgan fingerprint density at radius 3 is 2.74 bits per heavy atom. The molecule has 0 aliphatic rings. The molecule has 7 nitrogen and oxygen atoms in total. The molecule has 31 heavy (non-hydrogen) atoms. The van der Waals surface area contributed by atoms with E-state index in [0.29, 0.717) is 34.2 Å². The van der Waals surface area contributed by atoms with E-state index < -0.39 is 5.63 Å². The van der Waals surface area contributed by atoms with Gasteiger partial charge in [0.25, 0.3) is 5.56 Å². The normalized spacial score (nSPS) is 11.7. The molecular formula is C22H17BrN4O3S. The van der Waals surface area contributed by atoms with Gasteiger partial charge in [-0.3, -0.25) is 13.8 Å². The van der Waals surface area contributed by atoms with Crippen molar-refractivity contribution >= 4 is 55.3 Å². The second-order valence-corrected chi connectivity index (χ2v) is 8.97. The smallest absolute Gasteiger partial charge is 0.336 e. The van der Waals surface area contributed by atoms with Crippen molar-refractivity contribution in [1.29, 1.82) is 0 Å². The lowest BCUT2D eigenvalue weighted by Crippen LogP contribution is -2.23. The molecule has 0 radical (unpaired) electrons. The van der Waals surface area contributed by atoms with Crippen LogP contribution in [-0.4, -0.2) is 19.2 Å². The number of hydrogen-bond donors (Lipinski definition) is 0. The van der Waals surface area contributed by atoms with Crippen LogP contribution in [0.5, 0.6) is 0 Å². The number of fused-ring (bicyclic) bond motifs is 4. The summed E-state index contributed by atoms with van der Waals surface area (Å²) < 4.78 is 9.77. The Balaban J connectivity index is 1.64. The van der Waals surface area contributed by atoms with Crippen molar-refractivity contribution in [3.63, 3.8) is 0 Å². The van der Waals surface area contributed by atoms with Gasteiger partial charge in [0.15, 0.2) is 5.16 Å². The quantitative estimate of drug-likeness (QED) is 0.261. The van der Waals surface area contributed by atoms with E-state index in [4.69, 9.17) is 4.42 Å². The highest BCUT2D eigenvalue weighted by molar-refractivity contribution is 9.10. The maximum absolute atomic E-state index is 13.0. The molecule has 0 spiro atoms. The monoisotopic (exact) mass is 496 g/mol. The summed E-state index contributed by atoms with van der Waals surface area (Å²) in [5.74, 6) is 1.03. The number of benzene rings is 2. The fraction of sp³-hybridized carbons (Fsp3) is 0.182. The Hall–Kier alpha value is -2.91. The zero-order chi connectivity index (χ0) is 21.5. The topological polar surface area (TPSA) is 82.4 Å². The van der Waals surface area contributed by atoms with Gasteiger partial charge in [0.05, 0.1) is 10.9 Å². The summed E-state index contributed by atoms with van der Waals surface area (Å²) in [6, 6.07) is 14.6. The molecule has 0 N–H and O–H groups in total. The van der Waals surface area contributed by atoms with Crippen molar-refractivity contribution in [3.05, 3.63) is 79.3 Å². The molecular weight excluding hydrogens is 480 g/mol. The summed E-state index contributed by atoms with van der Waals surface area (Å²) in [5, 5.41) is 10.8. The molecule has 3 heterocycles. The molecule has 5 aromatic rings. The Kier molecular flexibility index (Phi) is 5.15. The SMILES string of the molecule is CCCn1c(=O)c2ccccc2n2c(SCc3cc(=O)oc4cc(Br)ccc34)nnc12. The standard InChI is InChI=1S/C22H17BrN4O3S/c1-2-9-26-20(29)16-5-3-4-6-17(16)27-21(26)24-25-22(27)31-12-13-10-19(28)30-18-11-14(23)7-8-15(13)18/h3-8,10-11H,2,9,12H2,1H3. The van der Waals surface area contributed by atoms with E-state index in [2.05, 4.69) is 26.1 Å². The zero-order valence-corrected chi connectivity index (χ0v) is 18.9. The van der Waals surface area contributed by atoms with E-state index in [1.807, 2.05) is 47.7 Å². The fourth-order valence-corrected chi connectivity index (χ4v) is 4.99. The number of halogens is 1. The number of rotatable bonds is 5. The minimum Gasteiger partial charge on any atom is -0.423 e. The maximum Gasteiger partial charge on any atom is 0.336 e. The zero-order valence-electron chi connectivity index (χ0n) is 16.5. The third-order valence-electron chi connectivity index (χ3n) is 5.07. The van der Waals surface area contributed by atoms with Crippen LogP contribution in [0.15, 0.2) is 72.2 Å². The lowest BCUT2D eigenvalue weighted by atomic mass is 10.1. The number of aryl methyl sites for hydroxylation is 1. The molecule has 5 rings (SSSR count). The summed E-state index contributed by atoms with van der Waals surface area (Å²) in [4.78, 5) is 25.0. The third kappa shape index (κ3) is 3.47. The van der Waals surface area contributed by atoms with Gasteiger partial charge in [0, 0.05) is 28.2 Å². The number of thioether (sulfide) groups is 1. The van der Waals surface area contributed by atoms with Crippen LogP contribution in [0.4, 0.5) is 0 Å². The lowest BCUT2D eigenvalue weighted by Gasteiger charge is -2.10. The fourth-order valence-electron chi connectivity index (χ4n) is 3.72. The summed E-state index contributed by atoms with van der Waals surface area (Å²) in [6.45, 7) is 2.59. The van der Waals surface area contributed by atoms with E-state index in [0.717, 1.165) is 27.4 Å². The molecule has 0 fully saturated rings. The number of para-hydroxylation sites is 1. The second-order valence-electron chi connectivity index (χ2n) is 7.11. The molecule has 3 aromatic heterocycles. The highest BCUT2D eigenvalue weighted by Crippen LogP contribution is 2.28. The van der Waals surface area contributed by atoms with Gasteiger partial charge in [0.1, 0.15) is 5.58 Å². The van der Waals surface area contributed by atoms with Gasteiger partial charge < -0.3 is 4.42 Å². The predicted octanol–water partition coefficient (Wildman–Crippen LogP) is 4.62. The molecule has 9 heteroatoms. The average molecular weight is 497 g/mol. The highest BCUT2D eigenvalue weighted by atomic mass is 79.9. The first kappa shape index (κ1) is 20.0. The largest absolute Gasteiger partial charge is 0.423 e. The molecule has 0 aliphatic heterocycles. The van der Waals surface area contributed by atoms with Crippen molar-refractivity contribution < 1.29 is 4.42 Å². The van der Waals surface area contributed by atoms with E-state index in [-0.39, 0.29) is 5.56 Å². The van der Waals surface area contributed by atoms with Gasteiger partial charge in [-0.25, -0.2) is 4.79 Å². The molecule has 0 atom stereocenters. The first-order valence-electron chi connectivity index (χ1n) is 9.78. The lowest BCUT2D eigenvalue weighted by molar-refractivity contribution is 0.559. The van der Waals surface area contributed by atoms with Crippen molar-refractivity contribution in [3.8, 4) is 0 Å². The van der Waals surface area contributed by atoms with Crippen molar-refractivity contribution in [2.75, 3.05) is 0 Å². The average Bonchev–Trinajstić information content (AvgIpc) is 3.18. The number of aromatic nitrogens is 4. The summed E-state index contributed by atoms with van der Waals surface area (Å²) >= 11 is 4.88. The van der Waals surface area contributed by atoms with Gasteiger partial charge in [0.2, 0.25) is 5.78 Å². The third-order valence-corrected chi connectivity index (χ3v) is 6.55. The maximum atomic E-state index is 13.0. The van der Waals surface area contributed by atoms with E-state index >= 15 is 0 Å². The van der Waals surface area contributed by atoms with E-state index in [1.54, 1.807) is 10.6 Å². The first-order chi connectivity index (χ1) is 15.1. The molecule has 156 valence electrons. The molecule has 0 saturated heterocycles. The van der Waals surface area contributed by atoms with Crippen LogP contribution in [0.25, 0.3) is 27.6 Å². The highest BCUT2D eigenvalue weighted by Gasteiger charge is 2.17. The van der Waals surface area contributed by atoms with Crippen molar-refractivity contribution in [2.24, 2.45) is 0 Å². The van der Waals surface area contributed by atoms with Crippen LogP contribution in [0.1, 0.15) is 18.9 Å². The first-order valence-corrected chi connectivity index (χ1v) is 11.6. The van der Waals surface area contributed by atoms with Crippen molar-refractivity contribution in [1.82, 2.24) is 19.2 Å². The van der Waals surface area contributed by atoms with Crippen LogP contribution >= 0.6 is 27.7 Å². The van der Waals surface area contributed by atoms with Crippen LogP contribution in [0.3, 0.4) is 0 Å². The molecule has 0 unspecified atom stereocenters. The Morgan fingerprint density at radius 2 is 1.90 bits per heavy atom. The molecule has 2 aromatic carbocycles. The predicted molar refractivity (Wildman–Crippen MR) is 125 cm³/mol. The van der Waals surface area contributed by atoms with E-state index in [1.165, 1.54) is 17.8 Å². The molecule has 0 aliphatic carbocycles. The molecule has 0 bridgehead atoms.